The Labute approximate surface area is 160 Å². The molecule has 6 heteroatoms. The van der Waals surface area contributed by atoms with Crippen molar-refractivity contribution in [1.82, 2.24) is 15.1 Å². The van der Waals surface area contributed by atoms with E-state index in [1.165, 1.54) is 17.7 Å². The molecule has 1 saturated heterocycles. The van der Waals surface area contributed by atoms with Gasteiger partial charge in [-0.2, -0.15) is 0 Å². The Morgan fingerprint density at radius 3 is 2.69 bits per heavy atom. The van der Waals surface area contributed by atoms with E-state index in [0.29, 0.717) is 31.6 Å². The minimum Gasteiger partial charge on any atom is -0.467 e. The molecule has 26 heavy (non-hydrogen) atoms. The van der Waals surface area contributed by atoms with Crippen molar-refractivity contribution in [2.24, 2.45) is 5.92 Å². The van der Waals surface area contributed by atoms with Gasteiger partial charge in [0.2, 0.25) is 0 Å². The van der Waals surface area contributed by atoms with E-state index in [0.717, 1.165) is 18.8 Å². The summed E-state index contributed by atoms with van der Waals surface area (Å²) < 4.78 is 5.45. The molecule has 1 N–H and O–H groups in total. The molecule has 142 valence electrons. The van der Waals surface area contributed by atoms with Crippen molar-refractivity contribution in [3.63, 3.8) is 0 Å². The number of carbonyl (C=O) groups excluding carboxylic acids is 1. The highest BCUT2D eigenvalue weighted by atomic mass is 32.1. The molecular weight excluding hydrogens is 346 g/mol. The zero-order valence-corrected chi connectivity index (χ0v) is 16.5. The summed E-state index contributed by atoms with van der Waals surface area (Å²) in [5, 5.41) is 5.22. The van der Waals surface area contributed by atoms with Gasteiger partial charge in [-0.25, -0.2) is 4.79 Å². The maximum Gasteiger partial charge on any atom is 0.318 e. The van der Waals surface area contributed by atoms with Crippen molar-refractivity contribution >= 4 is 17.4 Å². The quantitative estimate of drug-likeness (QED) is 0.753. The van der Waals surface area contributed by atoms with Crippen molar-refractivity contribution in [2.45, 2.75) is 45.8 Å². The van der Waals surface area contributed by atoms with E-state index in [4.69, 9.17) is 4.42 Å². The van der Waals surface area contributed by atoms with Gasteiger partial charge in [-0.3, -0.25) is 4.90 Å². The summed E-state index contributed by atoms with van der Waals surface area (Å²) in [5.41, 5.74) is 0. The lowest BCUT2D eigenvalue weighted by molar-refractivity contribution is 0.165. The first-order chi connectivity index (χ1) is 12.6. The smallest absolute Gasteiger partial charge is 0.318 e. The van der Waals surface area contributed by atoms with Gasteiger partial charge >= 0.3 is 6.03 Å². The van der Waals surface area contributed by atoms with Gasteiger partial charge in [-0.05, 0) is 55.4 Å². The SMILES string of the molecule is CC(C)[C@@H](CNC(=O)N(Cc1ccco1)Cc1cccs1)N1CCCC1. The lowest BCUT2D eigenvalue weighted by Crippen LogP contribution is -2.48. The predicted octanol–water partition coefficient (Wildman–Crippen LogP) is 4.17. The van der Waals surface area contributed by atoms with Gasteiger partial charge in [0.15, 0.2) is 0 Å². The number of furan rings is 1. The fourth-order valence-electron chi connectivity index (χ4n) is 3.54. The van der Waals surface area contributed by atoms with Crippen molar-refractivity contribution in [3.8, 4) is 0 Å². The Kier molecular flexibility index (Phi) is 6.74. The molecule has 2 amide bonds. The minimum absolute atomic E-state index is 0.0281. The molecular formula is C20H29N3O2S. The number of urea groups is 1. The van der Waals surface area contributed by atoms with Crippen LogP contribution >= 0.6 is 11.3 Å². The summed E-state index contributed by atoms with van der Waals surface area (Å²) in [6, 6.07) is 8.22. The third-order valence-electron chi connectivity index (χ3n) is 4.98. The van der Waals surface area contributed by atoms with Crippen LogP contribution in [0.5, 0.6) is 0 Å². The molecule has 0 radical (unpaired) electrons. The monoisotopic (exact) mass is 375 g/mol. The van der Waals surface area contributed by atoms with Crippen LogP contribution in [-0.4, -0.2) is 41.5 Å². The van der Waals surface area contributed by atoms with E-state index in [2.05, 4.69) is 30.1 Å². The summed E-state index contributed by atoms with van der Waals surface area (Å²) in [5.74, 6) is 1.32. The number of amides is 2. The molecule has 0 unspecified atom stereocenters. The molecule has 5 nitrogen and oxygen atoms in total. The molecule has 3 rings (SSSR count). The lowest BCUT2D eigenvalue weighted by Gasteiger charge is -2.32. The molecule has 0 aromatic carbocycles. The van der Waals surface area contributed by atoms with E-state index in [1.54, 1.807) is 17.6 Å². The van der Waals surface area contributed by atoms with Crippen molar-refractivity contribution < 1.29 is 9.21 Å². The topological polar surface area (TPSA) is 48.7 Å². The van der Waals surface area contributed by atoms with Crippen molar-refractivity contribution in [1.29, 1.82) is 0 Å². The van der Waals surface area contributed by atoms with Gasteiger partial charge in [0.25, 0.3) is 0 Å². The lowest BCUT2D eigenvalue weighted by atomic mass is 10.0. The second kappa shape index (κ2) is 9.24. The van der Waals surface area contributed by atoms with E-state index >= 15 is 0 Å². The van der Waals surface area contributed by atoms with Gasteiger partial charge in [0.05, 0.1) is 19.4 Å². The zero-order valence-electron chi connectivity index (χ0n) is 15.7. The van der Waals surface area contributed by atoms with E-state index in [1.807, 2.05) is 28.5 Å². The summed E-state index contributed by atoms with van der Waals surface area (Å²) >= 11 is 1.67. The van der Waals surface area contributed by atoms with Crippen LogP contribution in [0.4, 0.5) is 4.79 Å². The molecule has 3 heterocycles. The van der Waals surface area contributed by atoms with Crippen LogP contribution in [0, 0.1) is 5.92 Å². The van der Waals surface area contributed by atoms with Crippen LogP contribution in [0.1, 0.15) is 37.3 Å². The molecule has 1 aliphatic rings. The number of hydrogen-bond donors (Lipinski definition) is 1. The van der Waals surface area contributed by atoms with Crippen LogP contribution in [0.25, 0.3) is 0 Å². The Hall–Kier alpha value is -1.79. The first-order valence-corrected chi connectivity index (χ1v) is 10.3. The number of nitrogens with zero attached hydrogens (tertiary/aromatic N) is 2. The molecule has 2 aromatic heterocycles. The van der Waals surface area contributed by atoms with Crippen LogP contribution in [0.3, 0.4) is 0 Å². The number of thiophene rings is 1. The summed E-state index contributed by atoms with van der Waals surface area (Å²) in [6.45, 7) is 8.53. The van der Waals surface area contributed by atoms with Crippen LogP contribution in [0.15, 0.2) is 40.3 Å². The molecule has 0 saturated carbocycles. The molecule has 1 atom stereocenters. The molecule has 0 aliphatic carbocycles. The van der Waals surface area contributed by atoms with Gasteiger partial charge in [-0.15, -0.1) is 11.3 Å². The maximum atomic E-state index is 12.9. The second-order valence-electron chi connectivity index (χ2n) is 7.26. The Morgan fingerprint density at radius 2 is 2.08 bits per heavy atom. The fraction of sp³-hybridized carbons (Fsp3) is 0.550. The number of likely N-dealkylation sites (tertiary alicyclic amines) is 1. The molecule has 1 aliphatic heterocycles. The standard InChI is InChI=1S/C20H29N3O2S/c1-16(2)19(22-9-3-4-10-22)13-21-20(24)23(14-17-7-5-11-25-17)15-18-8-6-12-26-18/h5-8,11-12,16,19H,3-4,9-10,13-15H2,1-2H3,(H,21,24)/t19-/m1/s1. The maximum absolute atomic E-state index is 12.9. The number of rotatable bonds is 8. The average molecular weight is 376 g/mol. The highest BCUT2D eigenvalue weighted by Crippen LogP contribution is 2.18. The molecule has 2 aromatic rings. The largest absolute Gasteiger partial charge is 0.467 e. The summed E-state index contributed by atoms with van der Waals surface area (Å²) in [7, 11) is 0. The molecule has 0 spiro atoms. The third-order valence-corrected chi connectivity index (χ3v) is 5.84. The Bertz CT molecular complexity index is 612. The first-order valence-electron chi connectivity index (χ1n) is 9.45. The van der Waals surface area contributed by atoms with E-state index < -0.39 is 0 Å². The highest BCUT2D eigenvalue weighted by molar-refractivity contribution is 7.09. The fourth-order valence-corrected chi connectivity index (χ4v) is 4.26. The van der Waals surface area contributed by atoms with Gasteiger partial charge < -0.3 is 14.6 Å². The van der Waals surface area contributed by atoms with Gasteiger partial charge in [0, 0.05) is 17.5 Å². The van der Waals surface area contributed by atoms with Crippen LogP contribution in [-0.2, 0) is 13.1 Å². The highest BCUT2D eigenvalue weighted by Gasteiger charge is 2.26. The average Bonchev–Trinajstić information content (AvgIpc) is 3.38. The molecule has 0 bridgehead atoms. The van der Waals surface area contributed by atoms with Gasteiger partial charge in [0.1, 0.15) is 5.76 Å². The molecule has 1 fully saturated rings. The normalized spacial score (nSPS) is 16.1. The number of hydrogen-bond acceptors (Lipinski definition) is 4. The van der Waals surface area contributed by atoms with Crippen molar-refractivity contribution in [3.05, 3.63) is 46.5 Å². The van der Waals surface area contributed by atoms with E-state index in [-0.39, 0.29) is 6.03 Å². The Morgan fingerprint density at radius 1 is 1.27 bits per heavy atom. The minimum atomic E-state index is -0.0281. The Balaban J connectivity index is 1.61. The first kappa shape index (κ1) is 19.0. The van der Waals surface area contributed by atoms with Crippen molar-refractivity contribution in [2.75, 3.05) is 19.6 Å². The predicted molar refractivity (Wildman–Crippen MR) is 105 cm³/mol. The van der Waals surface area contributed by atoms with Crippen LogP contribution < -0.4 is 5.32 Å². The van der Waals surface area contributed by atoms with E-state index in [9.17, 15) is 4.79 Å². The zero-order chi connectivity index (χ0) is 18.4. The number of nitrogens with one attached hydrogen (secondary N) is 1. The van der Waals surface area contributed by atoms with Crippen LogP contribution in [0.2, 0.25) is 0 Å². The van der Waals surface area contributed by atoms with Gasteiger partial charge in [-0.1, -0.05) is 19.9 Å². The number of carbonyl (C=O) groups is 1. The second-order valence-corrected chi connectivity index (χ2v) is 8.29. The summed E-state index contributed by atoms with van der Waals surface area (Å²) in [6.07, 6.45) is 4.18. The third kappa shape index (κ3) is 5.11. The summed E-state index contributed by atoms with van der Waals surface area (Å²) in [4.78, 5) is 18.4.